The lowest BCUT2D eigenvalue weighted by Gasteiger charge is -2.23. The van der Waals surface area contributed by atoms with E-state index < -0.39 is 0 Å². The molecule has 0 unspecified atom stereocenters. The monoisotopic (exact) mass is 432 g/mol. The number of hydrogen-bond donors (Lipinski definition) is 1. The molecule has 4 aromatic rings. The van der Waals surface area contributed by atoms with Gasteiger partial charge in [0.2, 0.25) is 0 Å². The Balaban J connectivity index is 1.76. The first-order valence-electron chi connectivity index (χ1n) is 10.5. The number of aromatic nitrogens is 1. The zero-order chi connectivity index (χ0) is 22.5. The van der Waals surface area contributed by atoms with E-state index in [0.29, 0.717) is 24.5 Å². The summed E-state index contributed by atoms with van der Waals surface area (Å²) < 4.78 is 20.9. The van der Waals surface area contributed by atoms with E-state index in [2.05, 4.69) is 0 Å². The molecule has 1 amide bonds. The number of carbonyl (C=O) groups excluding carboxylic acids is 1. The summed E-state index contributed by atoms with van der Waals surface area (Å²) in [6.07, 6.45) is 3.49. The van der Waals surface area contributed by atoms with Crippen LogP contribution >= 0.6 is 0 Å². The molecule has 0 saturated carbocycles. The van der Waals surface area contributed by atoms with Crippen LogP contribution in [0, 0.1) is 12.7 Å². The number of furan rings is 1. The summed E-state index contributed by atoms with van der Waals surface area (Å²) in [7, 11) is 0. The Morgan fingerprint density at radius 3 is 2.44 bits per heavy atom. The highest BCUT2D eigenvalue weighted by atomic mass is 19.1. The summed E-state index contributed by atoms with van der Waals surface area (Å²) in [5, 5.41) is 9.64. The van der Waals surface area contributed by atoms with Crippen molar-refractivity contribution in [2.24, 2.45) is 0 Å². The third-order valence-electron chi connectivity index (χ3n) is 5.38. The topological polar surface area (TPSA) is 58.6 Å². The summed E-state index contributed by atoms with van der Waals surface area (Å²) in [6, 6.07) is 19.5. The fourth-order valence-corrected chi connectivity index (χ4v) is 3.89. The molecule has 0 fully saturated rings. The number of nitrogens with zero attached hydrogens (tertiary/aromatic N) is 2. The van der Waals surface area contributed by atoms with E-state index in [0.717, 1.165) is 22.3 Å². The Kier molecular flexibility index (Phi) is 6.52. The van der Waals surface area contributed by atoms with Crippen LogP contribution in [0.25, 0.3) is 11.3 Å². The lowest BCUT2D eigenvalue weighted by Crippen LogP contribution is -2.34. The number of benzene rings is 2. The molecule has 0 spiro atoms. The molecule has 0 aliphatic heterocycles. The predicted molar refractivity (Wildman–Crippen MR) is 121 cm³/mol. The molecule has 0 atom stereocenters. The minimum Gasteiger partial charge on any atom is -0.464 e. The molecule has 0 saturated heterocycles. The van der Waals surface area contributed by atoms with Crippen molar-refractivity contribution in [2.75, 3.05) is 13.2 Å². The number of carbonyl (C=O) groups is 1. The summed E-state index contributed by atoms with van der Waals surface area (Å²) in [5.41, 5.74) is 3.94. The van der Waals surface area contributed by atoms with Gasteiger partial charge in [-0.1, -0.05) is 42.5 Å². The van der Waals surface area contributed by atoms with Crippen LogP contribution < -0.4 is 0 Å². The van der Waals surface area contributed by atoms with Crippen molar-refractivity contribution in [3.05, 3.63) is 107 Å². The number of aliphatic hydroxyl groups excluding tert-OH is 1. The molecule has 0 aliphatic carbocycles. The van der Waals surface area contributed by atoms with E-state index in [1.54, 1.807) is 29.4 Å². The molecule has 0 aliphatic rings. The zero-order valence-corrected chi connectivity index (χ0v) is 17.9. The lowest BCUT2D eigenvalue weighted by molar-refractivity contribution is 0.0698. The molecule has 5 nitrogen and oxygen atoms in total. The molecular formula is C26H25FN2O3. The van der Waals surface area contributed by atoms with Crippen LogP contribution in [0.3, 0.4) is 0 Å². The first kappa shape index (κ1) is 21.6. The highest BCUT2D eigenvalue weighted by Gasteiger charge is 2.27. The summed E-state index contributed by atoms with van der Waals surface area (Å²) >= 11 is 0. The molecule has 164 valence electrons. The highest BCUT2D eigenvalue weighted by Crippen LogP contribution is 2.31. The van der Waals surface area contributed by atoms with E-state index in [1.165, 1.54) is 12.1 Å². The van der Waals surface area contributed by atoms with Crippen LogP contribution in [0.15, 0.2) is 83.6 Å². The average molecular weight is 432 g/mol. The Morgan fingerprint density at radius 2 is 1.78 bits per heavy atom. The van der Waals surface area contributed by atoms with Gasteiger partial charge < -0.3 is 19.0 Å². The maximum Gasteiger partial charge on any atom is 0.271 e. The van der Waals surface area contributed by atoms with Gasteiger partial charge in [-0.3, -0.25) is 4.79 Å². The van der Waals surface area contributed by atoms with Gasteiger partial charge in [-0.15, -0.1) is 0 Å². The van der Waals surface area contributed by atoms with E-state index in [4.69, 9.17) is 4.42 Å². The first-order valence-corrected chi connectivity index (χ1v) is 10.5. The van der Waals surface area contributed by atoms with Crippen LogP contribution in [-0.4, -0.2) is 33.6 Å². The van der Waals surface area contributed by atoms with Crippen LogP contribution in [0.1, 0.15) is 27.2 Å². The van der Waals surface area contributed by atoms with E-state index in [9.17, 15) is 14.3 Å². The second-order valence-corrected chi connectivity index (χ2v) is 7.70. The maximum absolute atomic E-state index is 13.8. The third kappa shape index (κ3) is 4.65. The molecule has 2 heterocycles. The second kappa shape index (κ2) is 9.66. The van der Waals surface area contributed by atoms with Crippen molar-refractivity contribution in [3.8, 4) is 11.3 Å². The van der Waals surface area contributed by atoms with Gasteiger partial charge in [0.15, 0.2) is 0 Å². The standard InChI is InChI=1S/C26H25FN2O3/c1-19-16-29(18-21-9-11-22(27)12-10-21)25(24(19)23-8-5-15-32-23)26(31)28(13-14-30)17-20-6-3-2-4-7-20/h2-12,15-16,30H,13-14,17-18H2,1H3. The van der Waals surface area contributed by atoms with Crippen LogP contribution in [0.4, 0.5) is 4.39 Å². The molecule has 2 aromatic carbocycles. The summed E-state index contributed by atoms with van der Waals surface area (Å²) in [6.45, 7) is 2.77. The van der Waals surface area contributed by atoms with E-state index in [1.807, 2.05) is 54.1 Å². The number of aliphatic hydroxyl groups is 1. The first-order chi connectivity index (χ1) is 15.6. The largest absolute Gasteiger partial charge is 0.464 e. The molecule has 0 bridgehead atoms. The predicted octanol–water partition coefficient (Wildman–Crippen LogP) is 4.88. The van der Waals surface area contributed by atoms with Crippen molar-refractivity contribution in [3.63, 3.8) is 0 Å². The van der Waals surface area contributed by atoms with Gasteiger partial charge in [-0.2, -0.15) is 0 Å². The molecular weight excluding hydrogens is 407 g/mol. The third-order valence-corrected chi connectivity index (χ3v) is 5.38. The van der Waals surface area contributed by atoms with Gasteiger partial charge in [-0.05, 0) is 47.9 Å². The molecule has 2 aromatic heterocycles. The zero-order valence-electron chi connectivity index (χ0n) is 17.9. The molecule has 4 rings (SSSR count). The van der Waals surface area contributed by atoms with E-state index >= 15 is 0 Å². The maximum atomic E-state index is 13.8. The van der Waals surface area contributed by atoms with Crippen LogP contribution in [0.5, 0.6) is 0 Å². The number of halogens is 1. The Bertz CT molecular complexity index is 1170. The van der Waals surface area contributed by atoms with Crippen molar-refractivity contribution in [1.29, 1.82) is 0 Å². The molecule has 1 N–H and O–H groups in total. The van der Waals surface area contributed by atoms with Gasteiger partial charge in [0, 0.05) is 25.8 Å². The lowest BCUT2D eigenvalue weighted by atomic mass is 10.1. The number of aryl methyl sites for hydroxylation is 1. The fraction of sp³-hybridized carbons (Fsp3) is 0.192. The quantitative estimate of drug-likeness (QED) is 0.432. The van der Waals surface area contributed by atoms with Gasteiger partial charge in [0.25, 0.3) is 5.91 Å². The number of amides is 1. The Morgan fingerprint density at radius 1 is 1.03 bits per heavy atom. The smallest absolute Gasteiger partial charge is 0.271 e. The minimum atomic E-state index is -0.304. The van der Waals surface area contributed by atoms with Crippen molar-refractivity contribution < 1.29 is 18.7 Å². The number of hydrogen-bond acceptors (Lipinski definition) is 3. The number of rotatable bonds is 8. The molecule has 32 heavy (non-hydrogen) atoms. The Hall–Kier alpha value is -3.64. The van der Waals surface area contributed by atoms with E-state index in [-0.39, 0.29) is 24.9 Å². The van der Waals surface area contributed by atoms with Gasteiger partial charge in [0.05, 0.1) is 18.4 Å². The molecule has 0 radical (unpaired) electrons. The summed E-state index contributed by atoms with van der Waals surface area (Å²) in [5.74, 6) is 0.0962. The van der Waals surface area contributed by atoms with Crippen molar-refractivity contribution in [1.82, 2.24) is 9.47 Å². The van der Waals surface area contributed by atoms with Crippen LogP contribution in [-0.2, 0) is 13.1 Å². The molecule has 6 heteroatoms. The minimum absolute atomic E-state index is 0.147. The summed E-state index contributed by atoms with van der Waals surface area (Å²) in [4.78, 5) is 15.5. The average Bonchev–Trinajstić information content (AvgIpc) is 3.43. The van der Waals surface area contributed by atoms with Crippen molar-refractivity contribution in [2.45, 2.75) is 20.0 Å². The van der Waals surface area contributed by atoms with Gasteiger partial charge in [0.1, 0.15) is 17.3 Å². The fourth-order valence-electron chi connectivity index (χ4n) is 3.89. The highest BCUT2D eigenvalue weighted by molar-refractivity contribution is 6.00. The van der Waals surface area contributed by atoms with Gasteiger partial charge in [-0.25, -0.2) is 4.39 Å². The Labute approximate surface area is 186 Å². The van der Waals surface area contributed by atoms with Gasteiger partial charge >= 0.3 is 0 Å². The second-order valence-electron chi connectivity index (χ2n) is 7.70. The van der Waals surface area contributed by atoms with Crippen LogP contribution in [0.2, 0.25) is 0 Å². The van der Waals surface area contributed by atoms with Crippen molar-refractivity contribution >= 4 is 5.91 Å². The SMILES string of the molecule is Cc1cn(Cc2ccc(F)cc2)c(C(=O)N(CCO)Cc2ccccc2)c1-c1ccco1. The normalized spacial score (nSPS) is 11.0.